The number of sulfonamides is 1. The highest BCUT2D eigenvalue weighted by Crippen LogP contribution is 2.26. The Labute approximate surface area is 174 Å². The van der Waals surface area contributed by atoms with Crippen LogP contribution in [0.5, 0.6) is 0 Å². The predicted octanol–water partition coefficient (Wildman–Crippen LogP) is 3.73. The van der Waals surface area contributed by atoms with Crippen molar-refractivity contribution in [2.24, 2.45) is 0 Å². The molecule has 0 fully saturated rings. The molecule has 3 rings (SSSR count). The predicted molar refractivity (Wildman–Crippen MR) is 111 cm³/mol. The Hall–Kier alpha value is -2.84. The maximum atomic E-state index is 13.0. The van der Waals surface area contributed by atoms with Crippen LogP contribution in [-0.4, -0.2) is 38.5 Å². The van der Waals surface area contributed by atoms with Gasteiger partial charge in [0, 0.05) is 20.2 Å². The van der Waals surface area contributed by atoms with Gasteiger partial charge in [0.25, 0.3) is 15.9 Å². The van der Waals surface area contributed by atoms with Crippen molar-refractivity contribution < 1.29 is 17.7 Å². The molecule has 0 atom stereocenters. The Morgan fingerprint density at radius 2 is 1.79 bits per heavy atom. The molecule has 0 bridgehead atoms. The van der Waals surface area contributed by atoms with Crippen molar-refractivity contribution in [2.45, 2.75) is 18.4 Å². The average Bonchev–Trinajstić information content (AvgIpc) is 3.12. The summed E-state index contributed by atoms with van der Waals surface area (Å²) in [7, 11) is -0.828. The van der Waals surface area contributed by atoms with E-state index in [1.54, 1.807) is 50.4 Å². The number of nitrogens with zero attached hydrogens (tertiary/aromatic N) is 3. The van der Waals surface area contributed by atoms with Crippen LogP contribution in [0.1, 0.15) is 21.8 Å². The zero-order valence-corrected chi connectivity index (χ0v) is 17.7. The van der Waals surface area contributed by atoms with Crippen LogP contribution in [0.2, 0.25) is 5.02 Å². The van der Waals surface area contributed by atoms with Gasteiger partial charge in [0.15, 0.2) is 0 Å². The van der Waals surface area contributed by atoms with Crippen LogP contribution in [0.3, 0.4) is 0 Å². The molecule has 9 heteroatoms. The third-order valence-electron chi connectivity index (χ3n) is 4.37. The molecule has 3 aromatic rings. The van der Waals surface area contributed by atoms with E-state index >= 15 is 0 Å². The first-order chi connectivity index (χ1) is 13.7. The van der Waals surface area contributed by atoms with E-state index in [1.807, 2.05) is 0 Å². The van der Waals surface area contributed by atoms with Gasteiger partial charge in [-0.15, -0.1) is 0 Å². The molecule has 0 saturated carbocycles. The second-order valence-electron chi connectivity index (χ2n) is 6.54. The lowest BCUT2D eigenvalue weighted by molar-refractivity contribution is 0.0782. The molecule has 29 heavy (non-hydrogen) atoms. The van der Waals surface area contributed by atoms with E-state index in [4.69, 9.17) is 16.1 Å². The number of para-hydroxylation sites is 1. The maximum Gasteiger partial charge on any atom is 0.264 e. The van der Waals surface area contributed by atoms with Crippen molar-refractivity contribution in [3.63, 3.8) is 0 Å². The molecular weight excluding hydrogens is 414 g/mol. The Balaban J connectivity index is 1.90. The van der Waals surface area contributed by atoms with E-state index < -0.39 is 15.9 Å². The number of hydrogen-bond donors (Lipinski definition) is 0. The van der Waals surface area contributed by atoms with Gasteiger partial charge < -0.3 is 9.42 Å². The summed E-state index contributed by atoms with van der Waals surface area (Å²) < 4.78 is 32.2. The second-order valence-corrected chi connectivity index (χ2v) is 8.92. The number of aryl methyl sites for hydroxylation is 1. The number of benzene rings is 2. The van der Waals surface area contributed by atoms with Crippen molar-refractivity contribution in [3.05, 3.63) is 76.6 Å². The molecule has 2 aromatic carbocycles. The van der Waals surface area contributed by atoms with Gasteiger partial charge >= 0.3 is 0 Å². The van der Waals surface area contributed by atoms with E-state index in [9.17, 15) is 13.2 Å². The Bertz CT molecular complexity index is 1130. The lowest BCUT2D eigenvalue weighted by atomic mass is 10.2. The van der Waals surface area contributed by atoms with Crippen LogP contribution >= 0.6 is 11.6 Å². The fraction of sp³-hybridized carbons (Fsp3) is 0.200. The molecule has 0 N–H and O–H groups in total. The summed E-state index contributed by atoms with van der Waals surface area (Å²) in [6, 6.07) is 14.5. The van der Waals surface area contributed by atoms with Gasteiger partial charge in [0.1, 0.15) is 11.5 Å². The van der Waals surface area contributed by atoms with E-state index in [0.29, 0.717) is 17.1 Å². The standard InChI is InChI=1S/C20H20ClN3O4S/c1-14-11-15(22-28-14)13-23(2)20(25)18-12-17(9-10-19(18)21)29(26,27)24(3)16-7-5-4-6-8-16/h4-12H,13H2,1-3H3. The van der Waals surface area contributed by atoms with Gasteiger partial charge in [0.2, 0.25) is 0 Å². The number of carbonyl (C=O) groups excluding carboxylic acids is 1. The quantitative estimate of drug-likeness (QED) is 0.591. The molecular formula is C20H20ClN3O4S. The lowest BCUT2D eigenvalue weighted by Gasteiger charge is -2.21. The van der Waals surface area contributed by atoms with Crippen LogP contribution in [0, 0.1) is 6.92 Å². The van der Waals surface area contributed by atoms with Crippen molar-refractivity contribution in [2.75, 3.05) is 18.4 Å². The Kier molecular flexibility index (Phi) is 5.95. The van der Waals surface area contributed by atoms with Crippen molar-refractivity contribution in [1.29, 1.82) is 0 Å². The fourth-order valence-corrected chi connectivity index (χ4v) is 4.20. The van der Waals surface area contributed by atoms with Gasteiger partial charge in [-0.05, 0) is 37.3 Å². The Morgan fingerprint density at radius 3 is 2.41 bits per heavy atom. The highest BCUT2D eigenvalue weighted by atomic mass is 35.5. The lowest BCUT2D eigenvalue weighted by Crippen LogP contribution is -2.28. The summed E-state index contributed by atoms with van der Waals surface area (Å²) in [5, 5.41) is 4.03. The van der Waals surface area contributed by atoms with E-state index in [0.717, 1.165) is 4.31 Å². The summed E-state index contributed by atoms with van der Waals surface area (Å²) in [6.07, 6.45) is 0. The molecule has 1 aromatic heterocycles. The number of halogens is 1. The van der Waals surface area contributed by atoms with Gasteiger partial charge in [-0.2, -0.15) is 0 Å². The summed E-state index contributed by atoms with van der Waals surface area (Å²) in [5.41, 5.74) is 1.19. The highest BCUT2D eigenvalue weighted by molar-refractivity contribution is 7.92. The molecule has 152 valence electrons. The smallest absolute Gasteiger partial charge is 0.264 e. The average molecular weight is 434 g/mol. The van der Waals surface area contributed by atoms with Gasteiger partial charge in [-0.3, -0.25) is 9.10 Å². The first-order valence-electron chi connectivity index (χ1n) is 8.71. The number of anilines is 1. The fourth-order valence-electron chi connectivity index (χ4n) is 2.78. The van der Waals surface area contributed by atoms with Gasteiger partial charge in [-0.25, -0.2) is 8.42 Å². The van der Waals surface area contributed by atoms with Crippen LogP contribution in [0.15, 0.2) is 64.0 Å². The van der Waals surface area contributed by atoms with E-state index in [1.165, 1.54) is 30.1 Å². The molecule has 0 saturated heterocycles. The van der Waals surface area contributed by atoms with Crippen molar-refractivity contribution in [3.8, 4) is 0 Å². The number of aromatic nitrogens is 1. The minimum atomic E-state index is -3.87. The SMILES string of the molecule is Cc1cc(CN(C)C(=O)c2cc(S(=O)(=O)N(C)c3ccccc3)ccc2Cl)no1. The molecule has 1 heterocycles. The summed E-state index contributed by atoms with van der Waals surface area (Å²) in [4.78, 5) is 14.2. The van der Waals surface area contributed by atoms with Crippen LogP contribution in [0.4, 0.5) is 5.69 Å². The highest BCUT2D eigenvalue weighted by Gasteiger charge is 2.25. The monoisotopic (exact) mass is 433 g/mol. The minimum Gasteiger partial charge on any atom is -0.361 e. The van der Waals surface area contributed by atoms with Gasteiger partial charge in [-0.1, -0.05) is 35.0 Å². The molecule has 1 amide bonds. The molecule has 0 radical (unpaired) electrons. The van der Waals surface area contributed by atoms with Crippen LogP contribution in [0.25, 0.3) is 0 Å². The minimum absolute atomic E-state index is 0.0257. The molecule has 0 aliphatic rings. The van der Waals surface area contributed by atoms with Crippen molar-refractivity contribution in [1.82, 2.24) is 10.1 Å². The van der Waals surface area contributed by atoms with E-state index in [2.05, 4.69) is 5.16 Å². The second kappa shape index (κ2) is 8.26. The van der Waals surface area contributed by atoms with Crippen molar-refractivity contribution >= 4 is 33.2 Å². The molecule has 0 spiro atoms. The summed E-state index contributed by atoms with van der Waals surface area (Å²) in [5.74, 6) is 0.214. The molecule has 7 nitrogen and oxygen atoms in total. The first-order valence-corrected chi connectivity index (χ1v) is 10.5. The van der Waals surface area contributed by atoms with Crippen LogP contribution in [-0.2, 0) is 16.6 Å². The zero-order chi connectivity index (χ0) is 21.2. The molecule has 0 unspecified atom stereocenters. The molecule has 0 aliphatic heterocycles. The topological polar surface area (TPSA) is 83.7 Å². The third-order valence-corrected chi connectivity index (χ3v) is 6.48. The number of carbonyl (C=O) groups is 1. The van der Waals surface area contributed by atoms with Crippen LogP contribution < -0.4 is 4.31 Å². The van der Waals surface area contributed by atoms with Gasteiger partial charge in [0.05, 0.1) is 27.7 Å². The molecule has 0 aliphatic carbocycles. The number of amides is 1. The zero-order valence-electron chi connectivity index (χ0n) is 16.2. The largest absolute Gasteiger partial charge is 0.361 e. The Morgan fingerprint density at radius 1 is 1.10 bits per heavy atom. The maximum absolute atomic E-state index is 13.0. The van der Waals surface area contributed by atoms with E-state index in [-0.39, 0.29) is 22.0 Å². The summed E-state index contributed by atoms with van der Waals surface area (Å²) >= 11 is 6.20. The summed E-state index contributed by atoms with van der Waals surface area (Å²) in [6.45, 7) is 1.96. The number of hydrogen-bond acceptors (Lipinski definition) is 5. The third kappa shape index (κ3) is 4.44. The normalized spacial score (nSPS) is 11.3. The number of rotatable bonds is 6. The first kappa shape index (κ1) is 20.9.